The lowest BCUT2D eigenvalue weighted by Crippen LogP contribution is -2.25. The Morgan fingerprint density at radius 3 is 2.42 bits per heavy atom. The minimum Gasteiger partial charge on any atom is -0.486 e. The highest BCUT2D eigenvalue weighted by atomic mass is 79.9. The first kappa shape index (κ1) is 17.2. The molecule has 0 N–H and O–H groups in total. The van der Waals surface area contributed by atoms with Gasteiger partial charge in [-0.15, -0.1) is 0 Å². The van der Waals surface area contributed by atoms with Crippen molar-refractivity contribution in [3.63, 3.8) is 0 Å². The van der Waals surface area contributed by atoms with Crippen molar-refractivity contribution in [1.82, 2.24) is 0 Å². The van der Waals surface area contributed by atoms with Crippen LogP contribution in [0.5, 0.6) is 5.75 Å². The number of ether oxygens (including phenoxy) is 1. The molecule has 4 heteroatoms. The molecule has 0 radical (unpaired) electrons. The molecule has 0 bridgehead atoms. The average Bonchev–Trinajstić information content (AvgIpc) is 2.81. The molecule has 1 aliphatic rings. The zero-order chi connectivity index (χ0) is 17.6. The second kappa shape index (κ2) is 5.99. The quantitative estimate of drug-likeness (QED) is 0.609. The monoisotopic (exact) mass is 390 g/mol. The van der Waals surface area contributed by atoms with Gasteiger partial charge in [-0.3, -0.25) is 4.79 Å². The molecule has 0 spiro atoms. The van der Waals surface area contributed by atoms with Gasteiger partial charge < -0.3 is 4.74 Å². The van der Waals surface area contributed by atoms with Gasteiger partial charge in [0.05, 0.1) is 5.56 Å². The summed E-state index contributed by atoms with van der Waals surface area (Å²) in [6, 6.07) is 6.20. The molecule has 126 valence electrons. The Bertz CT molecular complexity index is 808. The van der Waals surface area contributed by atoms with Crippen LogP contribution in [0.1, 0.15) is 55.1 Å². The van der Waals surface area contributed by atoms with Gasteiger partial charge in [0, 0.05) is 22.0 Å². The minimum atomic E-state index is -0.343. The van der Waals surface area contributed by atoms with Crippen molar-refractivity contribution < 1.29 is 13.9 Å². The van der Waals surface area contributed by atoms with Gasteiger partial charge in [0.25, 0.3) is 0 Å². The van der Waals surface area contributed by atoms with Gasteiger partial charge in [-0.25, -0.2) is 4.39 Å². The van der Waals surface area contributed by atoms with E-state index < -0.39 is 0 Å². The summed E-state index contributed by atoms with van der Waals surface area (Å²) in [5.74, 6) is 0.636. The zero-order valence-corrected chi connectivity index (χ0v) is 15.8. The molecule has 0 fully saturated rings. The molecule has 0 unspecified atom stereocenters. The summed E-state index contributed by atoms with van der Waals surface area (Å²) in [6.07, 6.45) is 1.60. The number of hydrogen-bond acceptors (Lipinski definition) is 2. The fourth-order valence-corrected chi connectivity index (χ4v) is 4.57. The van der Waals surface area contributed by atoms with Gasteiger partial charge in [-0.1, -0.05) is 26.0 Å². The first-order valence-corrected chi connectivity index (χ1v) is 8.83. The van der Waals surface area contributed by atoms with Crippen LogP contribution in [0.25, 0.3) is 11.1 Å². The fourth-order valence-electron chi connectivity index (χ4n) is 3.43. The molecular weight excluding hydrogens is 371 g/mol. The standard InChI is InChI=1S/C20H20BrFO2/c1-11(2)16-14-9-20(3,4)24-19(14)15(10-23)17(18(16)21)12-5-7-13(22)8-6-12/h5-8,10-11H,9H2,1-4H3. The lowest BCUT2D eigenvalue weighted by atomic mass is 9.86. The minimum absolute atomic E-state index is 0.269. The third kappa shape index (κ3) is 2.77. The molecule has 0 saturated carbocycles. The predicted molar refractivity (Wildman–Crippen MR) is 97.4 cm³/mol. The summed E-state index contributed by atoms with van der Waals surface area (Å²) in [6.45, 7) is 8.30. The highest BCUT2D eigenvalue weighted by Crippen LogP contribution is 2.49. The molecule has 0 amide bonds. The van der Waals surface area contributed by atoms with Gasteiger partial charge in [0.2, 0.25) is 0 Å². The number of rotatable bonds is 3. The number of carbonyl (C=O) groups excluding carboxylic acids is 1. The van der Waals surface area contributed by atoms with Crippen LogP contribution in [0.15, 0.2) is 28.7 Å². The second-order valence-electron chi connectivity index (χ2n) is 7.14. The van der Waals surface area contributed by atoms with Crippen molar-refractivity contribution >= 4 is 22.2 Å². The summed E-state index contributed by atoms with van der Waals surface area (Å²) in [5, 5.41) is 0. The van der Waals surface area contributed by atoms with Crippen LogP contribution < -0.4 is 4.74 Å². The van der Waals surface area contributed by atoms with Crippen molar-refractivity contribution in [3.8, 4) is 16.9 Å². The molecule has 2 aromatic rings. The SMILES string of the molecule is CC(C)c1c(Br)c(-c2ccc(F)cc2)c(C=O)c2c1CC(C)(C)O2. The Balaban J connectivity index is 2.36. The molecule has 24 heavy (non-hydrogen) atoms. The van der Waals surface area contributed by atoms with Gasteiger partial charge in [-0.05, 0) is 59.0 Å². The topological polar surface area (TPSA) is 26.3 Å². The van der Waals surface area contributed by atoms with Crippen LogP contribution in [-0.4, -0.2) is 11.9 Å². The van der Waals surface area contributed by atoms with Crippen LogP contribution in [0, 0.1) is 5.82 Å². The van der Waals surface area contributed by atoms with Crippen LogP contribution in [-0.2, 0) is 6.42 Å². The number of fused-ring (bicyclic) bond motifs is 1. The number of benzene rings is 2. The van der Waals surface area contributed by atoms with Gasteiger partial charge in [0.15, 0.2) is 6.29 Å². The smallest absolute Gasteiger partial charge is 0.154 e. The molecule has 2 aromatic carbocycles. The van der Waals surface area contributed by atoms with Crippen molar-refractivity contribution in [2.75, 3.05) is 0 Å². The summed E-state index contributed by atoms with van der Waals surface area (Å²) in [5.41, 5.74) is 3.99. The maximum Gasteiger partial charge on any atom is 0.154 e. The molecule has 1 heterocycles. The third-order valence-electron chi connectivity index (χ3n) is 4.38. The van der Waals surface area contributed by atoms with Crippen molar-refractivity contribution in [2.24, 2.45) is 0 Å². The van der Waals surface area contributed by atoms with E-state index in [9.17, 15) is 9.18 Å². The molecule has 0 saturated heterocycles. The Kier molecular flexibility index (Phi) is 4.28. The van der Waals surface area contributed by atoms with E-state index in [0.29, 0.717) is 11.3 Å². The number of hydrogen-bond donors (Lipinski definition) is 0. The van der Waals surface area contributed by atoms with E-state index in [4.69, 9.17) is 4.74 Å². The van der Waals surface area contributed by atoms with E-state index in [1.54, 1.807) is 12.1 Å². The lowest BCUT2D eigenvalue weighted by Gasteiger charge is -2.20. The Morgan fingerprint density at radius 2 is 1.88 bits per heavy atom. The highest BCUT2D eigenvalue weighted by Gasteiger charge is 2.37. The number of carbonyl (C=O) groups is 1. The Labute approximate surface area is 150 Å². The lowest BCUT2D eigenvalue weighted by molar-refractivity contribution is 0.110. The molecular formula is C20H20BrFO2. The maximum atomic E-state index is 13.3. The molecule has 0 aromatic heterocycles. The highest BCUT2D eigenvalue weighted by molar-refractivity contribution is 9.10. The van der Waals surface area contributed by atoms with Crippen molar-refractivity contribution in [2.45, 2.75) is 45.6 Å². The van der Waals surface area contributed by atoms with Crippen molar-refractivity contribution in [1.29, 1.82) is 0 Å². The van der Waals surface area contributed by atoms with Crippen molar-refractivity contribution in [3.05, 3.63) is 51.2 Å². The molecule has 3 rings (SSSR count). The average molecular weight is 391 g/mol. The van der Waals surface area contributed by atoms with E-state index >= 15 is 0 Å². The summed E-state index contributed by atoms with van der Waals surface area (Å²) >= 11 is 3.71. The first-order chi connectivity index (χ1) is 11.2. The van der Waals surface area contributed by atoms with Crippen LogP contribution in [0.3, 0.4) is 0 Å². The van der Waals surface area contributed by atoms with Crippen LogP contribution in [0.2, 0.25) is 0 Å². The normalized spacial score (nSPS) is 15.3. The van der Waals surface area contributed by atoms with Gasteiger partial charge >= 0.3 is 0 Å². The van der Waals surface area contributed by atoms with Gasteiger partial charge in [0.1, 0.15) is 17.2 Å². The predicted octanol–water partition coefficient (Wildman–Crippen LogP) is 5.90. The van der Waals surface area contributed by atoms with E-state index in [1.807, 2.05) is 13.8 Å². The maximum absolute atomic E-state index is 13.3. The molecule has 1 aliphatic heterocycles. The number of aldehydes is 1. The molecule has 0 aliphatic carbocycles. The Hall–Kier alpha value is -1.68. The zero-order valence-electron chi connectivity index (χ0n) is 14.2. The van der Waals surface area contributed by atoms with E-state index in [0.717, 1.165) is 39.4 Å². The van der Waals surface area contributed by atoms with E-state index in [2.05, 4.69) is 29.8 Å². The molecule has 2 nitrogen and oxygen atoms in total. The summed E-state index contributed by atoms with van der Waals surface area (Å²) in [7, 11) is 0. The van der Waals surface area contributed by atoms with Gasteiger partial charge in [-0.2, -0.15) is 0 Å². The molecule has 0 atom stereocenters. The largest absolute Gasteiger partial charge is 0.486 e. The second-order valence-corrected chi connectivity index (χ2v) is 7.93. The fraction of sp³-hybridized carbons (Fsp3) is 0.350. The summed E-state index contributed by atoms with van der Waals surface area (Å²) < 4.78 is 20.3. The third-order valence-corrected chi connectivity index (χ3v) is 5.20. The number of halogens is 2. The van der Waals surface area contributed by atoms with E-state index in [1.165, 1.54) is 12.1 Å². The summed E-state index contributed by atoms with van der Waals surface area (Å²) in [4.78, 5) is 11.9. The van der Waals surface area contributed by atoms with Crippen LogP contribution in [0.4, 0.5) is 4.39 Å². The first-order valence-electron chi connectivity index (χ1n) is 8.03. The Morgan fingerprint density at radius 1 is 1.25 bits per heavy atom. The van der Waals surface area contributed by atoms with E-state index in [-0.39, 0.29) is 17.3 Å². The van der Waals surface area contributed by atoms with Crippen LogP contribution >= 0.6 is 15.9 Å².